The lowest BCUT2D eigenvalue weighted by atomic mass is 9.98. The number of hydrogen-bond donors (Lipinski definition) is 0. The van der Waals surface area contributed by atoms with Gasteiger partial charge in [-0.05, 0) is 47.0 Å². The Morgan fingerprint density at radius 2 is 1.75 bits per heavy atom. The number of carbonyl (C=O) groups excluding carboxylic acids is 2. The molecule has 1 atom stereocenters. The quantitative estimate of drug-likeness (QED) is 0.592. The second-order valence-corrected chi connectivity index (χ2v) is 8.19. The van der Waals surface area contributed by atoms with Crippen molar-refractivity contribution in [2.75, 3.05) is 27.2 Å². The van der Waals surface area contributed by atoms with Gasteiger partial charge in [0.05, 0.1) is 12.7 Å². The second-order valence-electron chi connectivity index (χ2n) is 7.76. The van der Waals surface area contributed by atoms with Crippen molar-refractivity contribution in [3.63, 3.8) is 0 Å². The first-order valence-corrected chi connectivity index (χ1v) is 10.7. The number of amides is 2. The summed E-state index contributed by atoms with van der Waals surface area (Å²) in [6.45, 7) is 0.918. The van der Waals surface area contributed by atoms with E-state index in [1.807, 2.05) is 36.4 Å². The van der Waals surface area contributed by atoms with Crippen LogP contribution in [0.2, 0.25) is 5.02 Å². The van der Waals surface area contributed by atoms with E-state index >= 15 is 0 Å². The molecule has 0 radical (unpaired) electrons. The zero-order chi connectivity index (χ0) is 22.7. The fraction of sp³-hybridized carbons (Fsp3) is 0.240. The Bertz CT molecular complexity index is 1120. The third-order valence-corrected chi connectivity index (χ3v) is 6.00. The van der Waals surface area contributed by atoms with Crippen molar-refractivity contribution >= 4 is 23.4 Å². The summed E-state index contributed by atoms with van der Waals surface area (Å²) in [6.07, 6.45) is 3.94. The number of halogens is 1. The summed E-state index contributed by atoms with van der Waals surface area (Å²) in [5.74, 6) is 0.0965. The van der Waals surface area contributed by atoms with Crippen molar-refractivity contribution in [2.24, 2.45) is 0 Å². The Morgan fingerprint density at radius 3 is 2.44 bits per heavy atom. The van der Waals surface area contributed by atoms with Crippen LogP contribution in [0.15, 0.2) is 67.0 Å². The zero-order valence-electron chi connectivity index (χ0n) is 18.0. The zero-order valence-corrected chi connectivity index (χ0v) is 18.7. The number of carbonyl (C=O) groups is 2. The number of hydrogen-bond acceptors (Lipinski definition) is 4. The summed E-state index contributed by atoms with van der Waals surface area (Å²) >= 11 is 6.13. The topological polar surface area (TPSA) is 62.7 Å². The van der Waals surface area contributed by atoms with E-state index in [-0.39, 0.29) is 11.8 Å². The standard InChI is InChI=1S/C25H24ClN3O3/c1-28-13-14-29(24(30)21-16-20(26)7-8-23(21)32-2)22(25(28)31)15-17-3-5-18(6-4-17)19-9-11-27-12-10-19/h3-12,16,22H,13-15H2,1-2H3. The Labute approximate surface area is 192 Å². The summed E-state index contributed by atoms with van der Waals surface area (Å²) < 4.78 is 5.36. The van der Waals surface area contributed by atoms with E-state index in [1.165, 1.54) is 7.11 Å². The molecule has 32 heavy (non-hydrogen) atoms. The van der Waals surface area contributed by atoms with Crippen LogP contribution in [-0.2, 0) is 11.2 Å². The molecule has 2 heterocycles. The van der Waals surface area contributed by atoms with Crippen LogP contribution < -0.4 is 4.74 Å². The summed E-state index contributed by atoms with van der Waals surface area (Å²) in [5, 5.41) is 0.442. The third-order valence-electron chi connectivity index (χ3n) is 5.76. The van der Waals surface area contributed by atoms with E-state index in [1.54, 1.807) is 47.4 Å². The van der Waals surface area contributed by atoms with E-state index in [4.69, 9.17) is 16.3 Å². The lowest BCUT2D eigenvalue weighted by Crippen LogP contribution is -2.58. The van der Waals surface area contributed by atoms with Crippen molar-refractivity contribution in [1.82, 2.24) is 14.8 Å². The average molecular weight is 450 g/mol. The largest absolute Gasteiger partial charge is 0.496 e. The molecule has 1 aromatic heterocycles. The minimum absolute atomic E-state index is 0.0798. The van der Waals surface area contributed by atoms with Crippen LogP contribution in [0.1, 0.15) is 15.9 Å². The van der Waals surface area contributed by atoms with Crippen molar-refractivity contribution < 1.29 is 14.3 Å². The molecular formula is C25H24ClN3O3. The number of benzene rings is 2. The van der Waals surface area contributed by atoms with Crippen LogP contribution in [0.4, 0.5) is 0 Å². The van der Waals surface area contributed by atoms with Crippen LogP contribution in [-0.4, -0.2) is 59.9 Å². The lowest BCUT2D eigenvalue weighted by molar-refractivity contribution is -0.138. The maximum atomic E-state index is 13.4. The van der Waals surface area contributed by atoms with Gasteiger partial charge in [0.1, 0.15) is 11.8 Å². The molecule has 2 aromatic carbocycles. The monoisotopic (exact) mass is 449 g/mol. The third kappa shape index (κ3) is 4.46. The molecule has 4 rings (SSSR count). The minimum atomic E-state index is -0.600. The van der Waals surface area contributed by atoms with E-state index in [2.05, 4.69) is 4.98 Å². The highest BCUT2D eigenvalue weighted by molar-refractivity contribution is 6.31. The van der Waals surface area contributed by atoms with Gasteiger partial charge < -0.3 is 14.5 Å². The normalized spacial score (nSPS) is 16.2. The van der Waals surface area contributed by atoms with Crippen molar-refractivity contribution in [2.45, 2.75) is 12.5 Å². The highest BCUT2D eigenvalue weighted by atomic mass is 35.5. The van der Waals surface area contributed by atoms with Crippen LogP contribution in [0, 0.1) is 0 Å². The van der Waals surface area contributed by atoms with Crippen LogP contribution in [0.5, 0.6) is 5.75 Å². The summed E-state index contributed by atoms with van der Waals surface area (Å²) in [4.78, 5) is 33.8. The van der Waals surface area contributed by atoms with Gasteiger partial charge in [-0.15, -0.1) is 0 Å². The number of ether oxygens (including phenoxy) is 1. The smallest absolute Gasteiger partial charge is 0.258 e. The van der Waals surface area contributed by atoms with E-state index in [0.717, 1.165) is 16.7 Å². The number of piperazine rings is 1. The predicted octanol–water partition coefficient (Wildman–Crippen LogP) is 3.94. The molecule has 6 nitrogen and oxygen atoms in total. The summed E-state index contributed by atoms with van der Waals surface area (Å²) in [6, 6.07) is 16.3. The SMILES string of the molecule is COc1ccc(Cl)cc1C(=O)N1CCN(C)C(=O)C1Cc1ccc(-c2ccncc2)cc1. The minimum Gasteiger partial charge on any atom is -0.496 e. The molecule has 0 spiro atoms. The molecule has 164 valence electrons. The molecule has 1 saturated heterocycles. The average Bonchev–Trinajstić information content (AvgIpc) is 2.83. The van der Waals surface area contributed by atoms with Gasteiger partial charge in [-0.3, -0.25) is 14.6 Å². The van der Waals surface area contributed by atoms with Crippen LogP contribution in [0.25, 0.3) is 11.1 Å². The number of nitrogens with zero attached hydrogens (tertiary/aromatic N) is 3. The maximum Gasteiger partial charge on any atom is 0.258 e. The van der Waals surface area contributed by atoms with E-state index < -0.39 is 6.04 Å². The van der Waals surface area contributed by atoms with Crippen LogP contribution >= 0.6 is 11.6 Å². The fourth-order valence-corrected chi connectivity index (χ4v) is 4.13. The van der Waals surface area contributed by atoms with E-state index in [0.29, 0.717) is 35.8 Å². The molecule has 0 bridgehead atoms. The molecule has 1 unspecified atom stereocenters. The Kier molecular flexibility index (Phi) is 6.42. The lowest BCUT2D eigenvalue weighted by Gasteiger charge is -2.39. The summed E-state index contributed by atoms with van der Waals surface area (Å²) in [7, 11) is 3.28. The Balaban J connectivity index is 1.60. The van der Waals surface area contributed by atoms with Gasteiger partial charge in [-0.2, -0.15) is 0 Å². The number of rotatable bonds is 5. The van der Waals surface area contributed by atoms with Crippen molar-refractivity contribution in [1.29, 1.82) is 0 Å². The number of pyridine rings is 1. The predicted molar refractivity (Wildman–Crippen MR) is 124 cm³/mol. The van der Waals surface area contributed by atoms with Crippen LogP contribution in [0.3, 0.4) is 0 Å². The first kappa shape index (κ1) is 21.8. The molecule has 7 heteroatoms. The Morgan fingerprint density at radius 1 is 1.06 bits per heavy atom. The molecule has 0 saturated carbocycles. The highest BCUT2D eigenvalue weighted by Gasteiger charge is 2.37. The molecule has 1 fully saturated rings. The number of methoxy groups -OCH3 is 1. The molecule has 3 aromatic rings. The first-order valence-electron chi connectivity index (χ1n) is 10.4. The summed E-state index contributed by atoms with van der Waals surface area (Å²) in [5.41, 5.74) is 3.48. The fourth-order valence-electron chi connectivity index (χ4n) is 3.96. The molecular weight excluding hydrogens is 426 g/mol. The van der Waals surface area contributed by atoms with Gasteiger partial charge in [0, 0.05) is 44.0 Å². The van der Waals surface area contributed by atoms with E-state index in [9.17, 15) is 9.59 Å². The van der Waals surface area contributed by atoms with Crippen molar-refractivity contribution in [3.8, 4) is 16.9 Å². The molecule has 2 amide bonds. The molecule has 0 N–H and O–H groups in total. The van der Waals surface area contributed by atoms with Gasteiger partial charge in [-0.25, -0.2) is 0 Å². The second kappa shape index (κ2) is 9.40. The number of likely N-dealkylation sites (N-methyl/N-ethyl adjacent to an activating group) is 1. The van der Waals surface area contributed by atoms with Gasteiger partial charge in [0.15, 0.2) is 0 Å². The maximum absolute atomic E-state index is 13.4. The van der Waals surface area contributed by atoms with Gasteiger partial charge >= 0.3 is 0 Å². The Hall–Kier alpha value is -3.38. The highest BCUT2D eigenvalue weighted by Crippen LogP contribution is 2.27. The molecule has 0 aliphatic carbocycles. The van der Waals surface area contributed by atoms with Gasteiger partial charge in [0.25, 0.3) is 5.91 Å². The van der Waals surface area contributed by atoms with Gasteiger partial charge in [-0.1, -0.05) is 35.9 Å². The molecule has 1 aliphatic rings. The molecule has 1 aliphatic heterocycles. The van der Waals surface area contributed by atoms with Crippen molar-refractivity contribution in [3.05, 3.63) is 83.1 Å². The number of aromatic nitrogens is 1. The van der Waals surface area contributed by atoms with Gasteiger partial charge in [0.2, 0.25) is 5.91 Å². The first-order chi connectivity index (χ1) is 15.5.